The summed E-state index contributed by atoms with van der Waals surface area (Å²) in [6.45, 7) is -0.440. The van der Waals surface area contributed by atoms with Crippen LogP contribution in [0.15, 0.2) is 30.3 Å². The van der Waals surface area contributed by atoms with E-state index >= 15 is 0 Å². The molecule has 1 saturated carbocycles. The summed E-state index contributed by atoms with van der Waals surface area (Å²) in [4.78, 5) is 29.2. The van der Waals surface area contributed by atoms with Gasteiger partial charge in [-0.1, -0.05) is 18.2 Å². The summed E-state index contributed by atoms with van der Waals surface area (Å²) in [5.74, 6) is -0.679. The van der Waals surface area contributed by atoms with Gasteiger partial charge in [-0.15, -0.1) is 0 Å². The van der Waals surface area contributed by atoms with Gasteiger partial charge in [0.05, 0.1) is 22.6 Å². The Morgan fingerprint density at radius 3 is 2.67 bits per heavy atom. The molecule has 1 atom stereocenters. The molecule has 2 fully saturated rings. The number of esters is 1. The lowest BCUT2D eigenvalue weighted by molar-refractivity contribution is -0.124. The zero-order valence-electron chi connectivity index (χ0n) is 14.7. The second kappa shape index (κ2) is 6.92. The number of ether oxygens (including phenoxy) is 1. The number of hydrogen-bond acceptors (Lipinski definition) is 6. The van der Waals surface area contributed by atoms with Crippen LogP contribution in [0.2, 0.25) is 0 Å². The van der Waals surface area contributed by atoms with E-state index in [9.17, 15) is 18.0 Å². The highest BCUT2D eigenvalue weighted by Gasteiger charge is 2.30. The lowest BCUT2D eigenvalue weighted by atomic mass is 10.1. The van der Waals surface area contributed by atoms with E-state index in [1.807, 2.05) is 18.2 Å². The summed E-state index contributed by atoms with van der Waals surface area (Å²) in [6, 6.07) is 8.69. The average molecular weight is 388 g/mol. The molecule has 1 aliphatic carbocycles. The fourth-order valence-corrected chi connectivity index (χ4v) is 5.01. The van der Waals surface area contributed by atoms with Crippen molar-refractivity contribution in [2.24, 2.45) is 0 Å². The third-order valence-electron chi connectivity index (χ3n) is 4.88. The number of pyridine rings is 1. The topological polar surface area (TPSA) is 102 Å². The van der Waals surface area contributed by atoms with Gasteiger partial charge in [-0.05, 0) is 31.4 Å². The van der Waals surface area contributed by atoms with E-state index in [0.717, 1.165) is 24.1 Å². The minimum atomic E-state index is -3.08. The summed E-state index contributed by atoms with van der Waals surface area (Å²) in [7, 11) is -3.08. The van der Waals surface area contributed by atoms with Gasteiger partial charge in [0, 0.05) is 23.0 Å². The van der Waals surface area contributed by atoms with Crippen molar-refractivity contribution in [3.63, 3.8) is 0 Å². The number of carbonyl (C=O) groups is 2. The van der Waals surface area contributed by atoms with Crippen molar-refractivity contribution < 1.29 is 22.7 Å². The molecule has 1 amide bonds. The molecule has 7 nitrogen and oxygen atoms in total. The second-order valence-corrected chi connectivity index (χ2v) is 9.36. The van der Waals surface area contributed by atoms with Gasteiger partial charge >= 0.3 is 5.97 Å². The van der Waals surface area contributed by atoms with Crippen LogP contribution in [0.4, 0.5) is 0 Å². The van der Waals surface area contributed by atoms with Gasteiger partial charge in [-0.3, -0.25) is 9.78 Å². The summed E-state index contributed by atoms with van der Waals surface area (Å²) >= 11 is 0. The number of para-hydroxylation sites is 1. The van der Waals surface area contributed by atoms with Crippen LogP contribution >= 0.6 is 0 Å². The maximum atomic E-state index is 12.6. The monoisotopic (exact) mass is 388 g/mol. The standard InChI is InChI=1S/C19H20N2O5S/c22-18(20-13-7-8-27(24,25)11-13)10-26-19(23)15-9-17(12-5-6-12)21-16-4-2-1-3-14(15)16/h1-4,9,12-13H,5-8,10-11H2,(H,20,22). The summed E-state index contributed by atoms with van der Waals surface area (Å²) < 4.78 is 28.1. The predicted molar refractivity (Wildman–Crippen MR) is 99.2 cm³/mol. The summed E-state index contributed by atoms with van der Waals surface area (Å²) in [6.07, 6.45) is 2.51. The molecule has 2 heterocycles. The largest absolute Gasteiger partial charge is 0.452 e. The lowest BCUT2D eigenvalue weighted by Crippen LogP contribution is -2.38. The Morgan fingerprint density at radius 1 is 1.19 bits per heavy atom. The van der Waals surface area contributed by atoms with Crippen LogP contribution in [0, 0.1) is 0 Å². The molecule has 2 aromatic rings. The fraction of sp³-hybridized carbons (Fsp3) is 0.421. The first kappa shape index (κ1) is 17.9. The van der Waals surface area contributed by atoms with E-state index in [4.69, 9.17) is 4.74 Å². The van der Waals surface area contributed by atoms with Gasteiger partial charge in [-0.25, -0.2) is 13.2 Å². The van der Waals surface area contributed by atoms with Crippen LogP contribution in [0.25, 0.3) is 10.9 Å². The van der Waals surface area contributed by atoms with Crippen LogP contribution in [0.1, 0.15) is 41.2 Å². The van der Waals surface area contributed by atoms with E-state index in [2.05, 4.69) is 10.3 Å². The van der Waals surface area contributed by atoms with E-state index in [-0.39, 0.29) is 11.5 Å². The first-order valence-electron chi connectivity index (χ1n) is 8.98. The lowest BCUT2D eigenvalue weighted by Gasteiger charge is -2.12. The number of rotatable bonds is 5. The van der Waals surface area contributed by atoms with Crippen molar-refractivity contribution in [1.29, 1.82) is 0 Å². The highest BCUT2D eigenvalue weighted by Crippen LogP contribution is 2.40. The van der Waals surface area contributed by atoms with Crippen molar-refractivity contribution in [2.45, 2.75) is 31.2 Å². The first-order chi connectivity index (χ1) is 12.9. The number of carbonyl (C=O) groups excluding carboxylic acids is 2. The Bertz CT molecular complexity index is 1010. The molecule has 142 valence electrons. The van der Waals surface area contributed by atoms with Gasteiger partial charge in [-0.2, -0.15) is 0 Å². The van der Waals surface area contributed by atoms with Gasteiger partial charge in [0.2, 0.25) is 0 Å². The molecule has 4 rings (SSSR count). The minimum absolute atomic E-state index is 0.0631. The van der Waals surface area contributed by atoms with Gasteiger partial charge in [0.15, 0.2) is 16.4 Å². The molecule has 1 aromatic carbocycles. The molecular weight excluding hydrogens is 368 g/mol. The maximum Gasteiger partial charge on any atom is 0.339 e. The minimum Gasteiger partial charge on any atom is -0.452 e. The highest BCUT2D eigenvalue weighted by atomic mass is 32.2. The summed E-state index contributed by atoms with van der Waals surface area (Å²) in [5.41, 5.74) is 2.01. The number of fused-ring (bicyclic) bond motifs is 1. The van der Waals surface area contributed by atoms with Crippen molar-refractivity contribution in [1.82, 2.24) is 10.3 Å². The van der Waals surface area contributed by atoms with Crippen molar-refractivity contribution in [3.8, 4) is 0 Å². The van der Waals surface area contributed by atoms with Crippen LogP contribution in [0.5, 0.6) is 0 Å². The van der Waals surface area contributed by atoms with E-state index < -0.39 is 34.4 Å². The molecule has 0 bridgehead atoms. The van der Waals surface area contributed by atoms with Crippen LogP contribution in [-0.4, -0.2) is 49.4 Å². The number of amides is 1. The third-order valence-corrected chi connectivity index (χ3v) is 6.65. The molecule has 1 N–H and O–H groups in total. The Morgan fingerprint density at radius 2 is 1.96 bits per heavy atom. The third kappa shape index (κ3) is 4.10. The Balaban J connectivity index is 1.44. The van der Waals surface area contributed by atoms with E-state index in [0.29, 0.717) is 23.3 Å². The number of nitrogens with one attached hydrogen (secondary N) is 1. The zero-order chi connectivity index (χ0) is 19.0. The molecule has 1 aliphatic heterocycles. The Kier molecular flexibility index (Phi) is 4.59. The number of sulfone groups is 1. The molecular formula is C19H20N2O5S. The molecule has 1 unspecified atom stereocenters. The second-order valence-electron chi connectivity index (χ2n) is 7.13. The van der Waals surface area contributed by atoms with E-state index in [1.165, 1.54) is 0 Å². The summed E-state index contributed by atoms with van der Waals surface area (Å²) in [5, 5.41) is 3.30. The van der Waals surface area contributed by atoms with Gasteiger partial charge in [0.25, 0.3) is 5.91 Å². The zero-order valence-corrected chi connectivity index (χ0v) is 15.5. The molecule has 8 heteroatoms. The molecule has 0 spiro atoms. The average Bonchev–Trinajstić information content (AvgIpc) is 3.43. The Labute approximate surface area is 157 Å². The van der Waals surface area contributed by atoms with Crippen molar-refractivity contribution >= 4 is 32.6 Å². The first-order valence-corrected chi connectivity index (χ1v) is 10.8. The predicted octanol–water partition coefficient (Wildman–Crippen LogP) is 1.57. The van der Waals surface area contributed by atoms with Crippen molar-refractivity contribution in [2.75, 3.05) is 18.1 Å². The smallest absolute Gasteiger partial charge is 0.339 e. The number of benzene rings is 1. The van der Waals surface area contributed by atoms with Gasteiger partial charge in [0.1, 0.15) is 0 Å². The Hall–Kier alpha value is -2.48. The molecule has 27 heavy (non-hydrogen) atoms. The highest BCUT2D eigenvalue weighted by molar-refractivity contribution is 7.91. The van der Waals surface area contributed by atoms with E-state index in [1.54, 1.807) is 12.1 Å². The quantitative estimate of drug-likeness (QED) is 0.780. The van der Waals surface area contributed by atoms with Crippen LogP contribution < -0.4 is 5.32 Å². The molecule has 1 aromatic heterocycles. The molecule has 1 saturated heterocycles. The van der Waals surface area contributed by atoms with Crippen LogP contribution in [-0.2, 0) is 19.4 Å². The van der Waals surface area contributed by atoms with Gasteiger partial charge < -0.3 is 10.1 Å². The fourth-order valence-electron chi connectivity index (χ4n) is 3.34. The number of aromatic nitrogens is 1. The van der Waals surface area contributed by atoms with Crippen LogP contribution in [0.3, 0.4) is 0 Å². The number of nitrogens with zero attached hydrogens (tertiary/aromatic N) is 1. The molecule has 2 aliphatic rings. The molecule has 0 radical (unpaired) electrons. The maximum absolute atomic E-state index is 12.6. The normalized spacial score (nSPS) is 21.1. The van der Waals surface area contributed by atoms with Crippen molar-refractivity contribution in [3.05, 3.63) is 41.6 Å². The SMILES string of the molecule is O=C(COC(=O)c1cc(C2CC2)nc2ccccc12)NC1CCS(=O)(=O)C1. The number of hydrogen-bond donors (Lipinski definition) is 1.